The van der Waals surface area contributed by atoms with E-state index in [0.29, 0.717) is 49.2 Å². The van der Waals surface area contributed by atoms with Crippen molar-refractivity contribution in [2.75, 3.05) is 39.3 Å². The fraction of sp³-hybridized carbons (Fsp3) is 0.375. The van der Waals surface area contributed by atoms with Crippen LogP contribution < -0.4 is 5.56 Å². The quantitative estimate of drug-likeness (QED) is 0.859. The standard InChI is InChI=1S/C16H18FN3O3/c17-11-1-2-12-13(10-15(22)18-14(12)9-11)16(23)20-5-3-19(4-6-20)7-8-21/h1-2,9-10,21H,3-8H2,(H,18,22). The number of piperazine rings is 1. The second kappa shape index (κ2) is 6.47. The van der Waals surface area contributed by atoms with Crippen LogP contribution in [0.2, 0.25) is 0 Å². The van der Waals surface area contributed by atoms with Gasteiger partial charge in [-0.3, -0.25) is 14.5 Å². The Labute approximate surface area is 132 Å². The van der Waals surface area contributed by atoms with E-state index in [-0.39, 0.29) is 12.5 Å². The van der Waals surface area contributed by atoms with Crippen molar-refractivity contribution in [2.45, 2.75) is 0 Å². The Bertz CT molecular complexity index is 782. The summed E-state index contributed by atoms with van der Waals surface area (Å²) in [5.74, 6) is -0.688. The first kappa shape index (κ1) is 15.6. The molecule has 3 rings (SSSR count). The number of carbonyl (C=O) groups is 1. The number of benzene rings is 1. The molecule has 6 nitrogen and oxygen atoms in total. The van der Waals surface area contributed by atoms with Gasteiger partial charge in [0.15, 0.2) is 0 Å². The van der Waals surface area contributed by atoms with Crippen molar-refractivity contribution in [1.29, 1.82) is 0 Å². The van der Waals surface area contributed by atoms with Crippen LogP contribution in [0.1, 0.15) is 10.4 Å². The summed E-state index contributed by atoms with van der Waals surface area (Å²) in [6, 6.07) is 5.27. The van der Waals surface area contributed by atoms with Gasteiger partial charge in [0.1, 0.15) is 5.82 Å². The first-order chi connectivity index (χ1) is 11.1. The van der Waals surface area contributed by atoms with Gasteiger partial charge in [0.2, 0.25) is 5.56 Å². The lowest BCUT2D eigenvalue weighted by atomic mass is 10.1. The number of carbonyl (C=O) groups excluding carboxylic acids is 1. The van der Waals surface area contributed by atoms with Crippen LogP contribution in [0.25, 0.3) is 10.9 Å². The second-order valence-corrected chi connectivity index (χ2v) is 5.59. The minimum Gasteiger partial charge on any atom is -0.395 e. The minimum atomic E-state index is -0.463. The van der Waals surface area contributed by atoms with Gasteiger partial charge in [0.05, 0.1) is 17.7 Å². The van der Waals surface area contributed by atoms with Crippen molar-refractivity contribution < 1.29 is 14.3 Å². The van der Waals surface area contributed by atoms with Crippen molar-refractivity contribution in [3.8, 4) is 0 Å². The molecule has 2 aromatic rings. The van der Waals surface area contributed by atoms with Gasteiger partial charge in [0, 0.05) is 44.2 Å². The molecule has 23 heavy (non-hydrogen) atoms. The SMILES string of the molecule is O=C(c1cc(=O)[nH]c2cc(F)ccc12)N1CCN(CCO)CC1. The van der Waals surface area contributed by atoms with Gasteiger partial charge in [-0.2, -0.15) is 0 Å². The van der Waals surface area contributed by atoms with Gasteiger partial charge < -0.3 is 15.0 Å². The normalized spacial score (nSPS) is 16.0. The molecule has 1 fully saturated rings. The molecule has 122 valence electrons. The van der Waals surface area contributed by atoms with Crippen molar-refractivity contribution in [2.24, 2.45) is 0 Å². The average molecular weight is 319 g/mol. The summed E-state index contributed by atoms with van der Waals surface area (Å²) in [5.41, 5.74) is 0.185. The molecule has 0 spiro atoms. The van der Waals surface area contributed by atoms with Crippen molar-refractivity contribution in [3.05, 3.63) is 46.0 Å². The molecule has 2 heterocycles. The van der Waals surface area contributed by atoms with Crippen LogP contribution in [0.3, 0.4) is 0 Å². The maximum Gasteiger partial charge on any atom is 0.254 e. The first-order valence-electron chi connectivity index (χ1n) is 7.53. The van der Waals surface area contributed by atoms with Gasteiger partial charge in [-0.05, 0) is 18.2 Å². The number of H-pyrrole nitrogens is 1. The van der Waals surface area contributed by atoms with Crippen molar-refractivity contribution in [3.63, 3.8) is 0 Å². The van der Waals surface area contributed by atoms with Crippen LogP contribution in [0.5, 0.6) is 0 Å². The predicted molar refractivity (Wildman–Crippen MR) is 84.0 cm³/mol. The third-order valence-electron chi connectivity index (χ3n) is 4.11. The molecule has 0 atom stereocenters. The molecule has 1 aliphatic heterocycles. The maximum absolute atomic E-state index is 13.3. The average Bonchev–Trinajstić information content (AvgIpc) is 2.54. The van der Waals surface area contributed by atoms with Crippen molar-refractivity contribution >= 4 is 16.8 Å². The summed E-state index contributed by atoms with van der Waals surface area (Å²) < 4.78 is 13.3. The number of β-amino-alcohol motifs (C(OH)–C–C–N with tert-alkyl or cyclic N) is 1. The molecule has 1 amide bonds. The minimum absolute atomic E-state index is 0.0954. The fourth-order valence-corrected chi connectivity index (χ4v) is 2.90. The molecule has 0 unspecified atom stereocenters. The molecule has 0 aliphatic carbocycles. The third kappa shape index (κ3) is 3.25. The number of halogens is 1. The molecular weight excluding hydrogens is 301 g/mol. The number of aromatic nitrogens is 1. The smallest absolute Gasteiger partial charge is 0.254 e. The highest BCUT2D eigenvalue weighted by atomic mass is 19.1. The Morgan fingerprint density at radius 3 is 2.65 bits per heavy atom. The molecule has 0 saturated carbocycles. The number of pyridine rings is 1. The zero-order valence-corrected chi connectivity index (χ0v) is 12.6. The van der Waals surface area contributed by atoms with E-state index in [1.54, 1.807) is 4.90 Å². The molecule has 1 aromatic carbocycles. The molecule has 0 radical (unpaired) electrons. The Kier molecular flexibility index (Phi) is 4.40. The van der Waals surface area contributed by atoms with Gasteiger partial charge in [-0.15, -0.1) is 0 Å². The number of rotatable bonds is 3. The maximum atomic E-state index is 13.3. The lowest BCUT2D eigenvalue weighted by Gasteiger charge is -2.34. The van der Waals surface area contributed by atoms with E-state index in [9.17, 15) is 14.0 Å². The molecule has 1 saturated heterocycles. The Morgan fingerprint density at radius 1 is 1.22 bits per heavy atom. The number of aliphatic hydroxyl groups is 1. The molecule has 1 aliphatic rings. The van der Waals surface area contributed by atoms with Crippen LogP contribution in [-0.2, 0) is 0 Å². The highest BCUT2D eigenvalue weighted by molar-refractivity contribution is 6.06. The molecule has 1 aromatic heterocycles. The van der Waals surface area contributed by atoms with Crippen LogP contribution in [0.4, 0.5) is 4.39 Å². The van der Waals surface area contributed by atoms with E-state index in [1.807, 2.05) is 0 Å². The molecule has 0 bridgehead atoms. The zero-order chi connectivity index (χ0) is 16.4. The number of aromatic amines is 1. The fourth-order valence-electron chi connectivity index (χ4n) is 2.90. The van der Waals surface area contributed by atoms with E-state index in [2.05, 4.69) is 9.88 Å². The van der Waals surface area contributed by atoms with E-state index < -0.39 is 11.4 Å². The molecule has 7 heteroatoms. The summed E-state index contributed by atoms with van der Waals surface area (Å²) in [7, 11) is 0. The summed E-state index contributed by atoms with van der Waals surface area (Å²) in [6.07, 6.45) is 0. The van der Waals surface area contributed by atoms with Gasteiger partial charge in [0.25, 0.3) is 5.91 Å². The first-order valence-corrected chi connectivity index (χ1v) is 7.53. The number of nitrogens with one attached hydrogen (secondary N) is 1. The van der Waals surface area contributed by atoms with Crippen molar-refractivity contribution in [1.82, 2.24) is 14.8 Å². The number of fused-ring (bicyclic) bond motifs is 1. The number of aliphatic hydroxyl groups excluding tert-OH is 1. The number of amides is 1. The zero-order valence-electron chi connectivity index (χ0n) is 12.6. The summed E-state index contributed by atoms with van der Waals surface area (Å²) in [5, 5.41) is 9.49. The molecular formula is C16H18FN3O3. The summed E-state index contributed by atoms with van der Waals surface area (Å²) >= 11 is 0. The van der Waals surface area contributed by atoms with E-state index >= 15 is 0 Å². The lowest BCUT2D eigenvalue weighted by molar-refractivity contribution is 0.0616. The Hall–Kier alpha value is -2.25. The van der Waals surface area contributed by atoms with Gasteiger partial charge >= 0.3 is 0 Å². The monoisotopic (exact) mass is 319 g/mol. The van der Waals surface area contributed by atoms with E-state index in [1.165, 1.54) is 24.3 Å². The summed E-state index contributed by atoms with van der Waals surface area (Å²) in [4.78, 5) is 30.8. The van der Waals surface area contributed by atoms with Crippen LogP contribution in [-0.4, -0.2) is 65.1 Å². The Balaban J connectivity index is 1.88. The van der Waals surface area contributed by atoms with Gasteiger partial charge in [-0.1, -0.05) is 0 Å². The predicted octanol–water partition coefficient (Wildman–Crippen LogP) is 0.417. The van der Waals surface area contributed by atoms with Gasteiger partial charge in [-0.25, -0.2) is 4.39 Å². The Morgan fingerprint density at radius 2 is 1.96 bits per heavy atom. The lowest BCUT2D eigenvalue weighted by Crippen LogP contribution is -2.49. The highest BCUT2D eigenvalue weighted by Gasteiger charge is 2.23. The van der Waals surface area contributed by atoms with E-state index in [4.69, 9.17) is 5.11 Å². The van der Waals surface area contributed by atoms with Crippen LogP contribution in [0, 0.1) is 5.82 Å². The van der Waals surface area contributed by atoms with E-state index in [0.717, 1.165) is 0 Å². The number of nitrogens with zero attached hydrogens (tertiary/aromatic N) is 2. The second-order valence-electron chi connectivity index (χ2n) is 5.59. The highest BCUT2D eigenvalue weighted by Crippen LogP contribution is 2.18. The number of hydrogen-bond donors (Lipinski definition) is 2. The van der Waals surface area contributed by atoms with Crippen LogP contribution >= 0.6 is 0 Å². The third-order valence-corrected chi connectivity index (χ3v) is 4.11. The molecule has 2 N–H and O–H groups in total. The largest absolute Gasteiger partial charge is 0.395 e. The summed E-state index contributed by atoms with van der Waals surface area (Å²) in [6.45, 7) is 3.13. The van der Waals surface area contributed by atoms with Crippen LogP contribution in [0.15, 0.2) is 29.1 Å². The number of hydrogen-bond acceptors (Lipinski definition) is 4. The topological polar surface area (TPSA) is 76.6 Å².